The third kappa shape index (κ3) is 2.48. The molecule has 0 amide bonds. The van der Waals surface area contributed by atoms with Crippen molar-refractivity contribution in [3.8, 4) is 5.75 Å². The van der Waals surface area contributed by atoms with E-state index < -0.39 is 0 Å². The normalized spacial score (nSPS) is 17.6. The monoisotopic (exact) mass is 331 g/mol. The van der Waals surface area contributed by atoms with Crippen LogP contribution in [-0.2, 0) is 0 Å². The van der Waals surface area contributed by atoms with E-state index in [1.807, 2.05) is 6.07 Å². The van der Waals surface area contributed by atoms with Gasteiger partial charge < -0.3 is 10.0 Å². The van der Waals surface area contributed by atoms with Gasteiger partial charge in [-0.05, 0) is 48.8 Å². The predicted molar refractivity (Wildman–Crippen MR) is 100 cm³/mol. The summed E-state index contributed by atoms with van der Waals surface area (Å²) in [5.41, 5.74) is 4.90. The zero-order chi connectivity index (χ0) is 16.9. The number of phenols is 1. The van der Waals surface area contributed by atoms with E-state index >= 15 is 0 Å². The predicted octanol–water partition coefficient (Wildman–Crippen LogP) is 5.53. The maximum Gasteiger partial charge on any atom is 0.125 e. The molecule has 0 aromatic heterocycles. The van der Waals surface area contributed by atoms with Crippen molar-refractivity contribution in [2.24, 2.45) is 0 Å². The lowest BCUT2D eigenvalue weighted by molar-refractivity contribution is 0.481. The minimum Gasteiger partial charge on any atom is -0.507 e. The highest BCUT2D eigenvalue weighted by Gasteiger charge is 2.33. The molecule has 2 aromatic carbocycles. The Labute approximate surface area is 144 Å². The van der Waals surface area contributed by atoms with Crippen molar-refractivity contribution in [3.05, 3.63) is 34.9 Å². The molecule has 1 aliphatic rings. The van der Waals surface area contributed by atoms with Crippen LogP contribution in [0.2, 0.25) is 0 Å². The second-order valence-electron chi connectivity index (χ2n) is 7.30. The number of aromatic hydroxyl groups is 1. The van der Waals surface area contributed by atoms with Gasteiger partial charge in [0.25, 0.3) is 0 Å². The average molecular weight is 332 g/mol. The van der Waals surface area contributed by atoms with Crippen LogP contribution in [0.1, 0.15) is 56.2 Å². The van der Waals surface area contributed by atoms with E-state index in [1.54, 1.807) is 0 Å². The van der Waals surface area contributed by atoms with E-state index in [0.29, 0.717) is 29.5 Å². The van der Waals surface area contributed by atoms with Crippen molar-refractivity contribution >= 4 is 28.1 Å². The lowest BCUT2D eigenvalue weighted by Crippen LogP contribution is -2.29. The van der Waals surface area contributed by atoms with E-state index in [1.165, 1.54) is 22.1 Å². The molecule has 1 N–H and O–H groups in total. The summed E-state index contributed by atoms with van der Waals surface area (Å²) in [7, 11) is 0. The quantitative estimate of drug-likeness (QED) is 0.748. The number of hydrogen-bond acceptors (Lipinski definition) is 2. The number of hydrogen-bond donors (Lipinski definition) is 1. The van der Waals surface area contributed by atoms with Gasteiger partial charge in [0.1, 0.15) is 5.75 Å². The maximum absolute atomic E-state index is 10.8. The average Bonchev–Trinajstić information content (AvgIpc) is 2.85. The van der Waals surface area contributed by atoms with Gasteiger partial charge in [-0.2, -0.15) is 0 Å². The molecule has 1 unspecified atom stereocenters. The van der Waals surface area contributed by atoms with Gasteiger partial charge in [-0.25, -0.2) is 0 Å². The largest absolute Gasteiger partial charge is 0.507 e. The van der Waals surface area contributed by atoms with Gasteiger partial charge in [-0.3, -0.25) is 0 Å². The highest BCUT2D eigenvalue weighted by atomic mass is 35.5. The Kier molecular flexibility index (Phi) is 4.22. The molecule has 0 saturated carbocycles. The van der Waals surface area contributed by atoms with E-state index in [0.717, 1.165) is 17.6 Å². The summed E-state index contributed by atoms with van der Waals surface area (Å²) >= 11 is 6.31. The molecule has 1 aliphatic heterocycles. The van der Waals surface area contributed by atoms with Crippen molar-refractivity contribution in [3.63, 3.8) is 0 Å². The SMILES string of the molecule is Cc1ccc(C(C)C)c2c(O)cc3c(c12)C(CCl)CN3C(C)C. The van der Waals surface area contributed by atoms with Crippen molar-refractivity contribution in [1.29, 1.82) is 0 Å². The second kappa shape index (κ2) is 5.90. The Balaban J connectivity index is 2.42. The first-order valence-electron chi connectivity index (χ1n) is 8.48. The number of alkyl halides is 1. The van der Waals surface area contributed by atoms with Crippen LogP contribution in [0.5, 0.6) is 5.75 Å². The Bertz CT molecular complexity index is 751. The van der Waals surface area contributed by atoms with Crippen LogP contribution in [-0.4, -0.2) is 23.6 Å². The Morgan fingerprint density at radius 3 is 2.48 bits per heavy atom. The summed E-state index contributed by atoms with van der Waals surface area (Å²) in [5.74, 6) is 1.70. The zero-order valence-electron chi connectivity index (χ0n) is 14.7. The van der Waals surface area contributed by atoms with Crippen LogP contribution < -0.4 is 4.90 Å². The second-order valence-corrected chi connectivity index (χ2v) is 7.61. The molecule has 1 heterocycles. The molecule has 3 heteroatoms. The lowest BCUT2D eigenvalue weighted by atomic mass is 9.87. The fraction of sp³-hybridized carbons (Fsp3) is 0.500. The number of aryl methyl sites for hydroxylation is 1. The Morgan fingerprint density at radius 2 is 1.91 bits per heavy atom. The molecule has 0 spiro atoms. The molecule has 23 heavy (non-hydrogen) atoms. The number of fused-ring (bicyclic) bond motifs is 3. The van der Waals surface area contributed by atoms with E-state index in [-0.39, 0.29) is 0 Å². The topological polar surface area (TPSA) is 23.5 Å². The molecular weight excluding hydrogens is 306 g/mol. The summed E-state index contributed by atoms with van der Waals surface area (Å²) in [6.45, 7) is 11.8. The standard InChI is InChI=1S/C20H26ClNO/c1-11(2)15-7-6-13(5)18-19-14(9-21)10-22(12(3)4)16(19)8-17(23)20(15)18/h6-8,11-12,14,23H,9-10H2,1-5H3. The van der Waals surface area contributed by atoms with Gasteiger partial charge in [-0.15, -0.1) is 11.6 Å². The van der Waals surface area contributed by atoms with Crippen LogP contribution in [0.4, 0.5) is 5.69 Å². The van der Waals surface area contributed by atoms with Crippen LogP contribution >= 0.6 is 11.6 Å². The molecular formula is C20H26ClNO. The van der Waals surface area contributed by atoms with E-state index in [9.17, 15) is 5.11 Å². The van der Waals surface area contributed by atoms with Gasteiger partial charge in [-0.1, -0.05) is 26.0 Å². The summed E-state index contributed by atoms with van der Waals surface area (Å²) < 4.78 is 0. The highest BCUT2D eigenvalue weighted by molar-refractivity contribution is 6.19. The number of anilines is 1. The molecule has 1 atom stereocenters. The molecule has 0 aliphatic carbocycles. The molecule has 2 aromatic rings. The van der Waals surface area contributed by atoms with Gasteiger partial charge in [0.15, 0.2) is 0 Å². The minimum absolute atomic E-state index is 0.318. The first-order valence-corrected chi connectivity index (χ1v) is 9.01. The van der Waals surface area contributed by atoms with Gasteiger partial charge in [0, 0.05) is 41.5 Å². The van der Waals surface area contributed by atoms with E-state index in [4.69, 9.17) is 11.6 Å². The highest BCUT2D eigenvalue weighted by Crippen LogP contribution is 2.48. The van der Waals surface area contributed by atoms with Gasteiger partial charge in [0.2, 0.25) is 0 Å². The fourth-order valence-electron chi connectivity index (χ4n) is 3.93. The van der Waals surface area contributed by atoms with Crippen molar-refractivity contribution < 1.29 is 5.11 Å². The number of benzene rings is 2. The van der Waals surface area contributed by atoms with Crippen LogP contribution in [0.25, 0.3) is 10.8 Å². The minimum atomic E-state index is 0.318. The fourth-order valence-corrected chi connectivity index (χ4v) is 4.18. The first kappa shape index (κ1) is 16.4. The number of nitrogens with zero attached hydrogens (tertiary/aromatic N) is 1. The van der Waals surface area contributed by atoms with Crippen LogP contribution in [0.15, 0.2) is 18.2 Å². The van der Waals surface area contributed by atoms with Crippen molar-refractivity contribution in [1.82, 2.24) is 0 Å². The molecule has 0 radical (unpaired) electrons. The summed E-state index contributed by atoms with van der Waals surface area (Å²) in [6.07, 6.45) is 0. The van der Waals surface area contributed by atoms with Gasteiger partial charge >= 0.3 is 0 Å². The third-order valence-corrected chi connectivity index (χ3v) is 5.46. The number of halogens is 1. The number of rotatable bonds is 3. The summed E-state index contributed by atoms with van der Waals surface area (Å²) in [5, 5.41) is 13.0. The summed E-state index contributed by atoms with van der Waals surface area (Å²) in [6, 6.07) is 6.68. The smallest absolute Gasteiger partial charge is 0.125 e. The molecule has 124 valence electrons. The maximum atomic E-state index is 10.8. The van der Waals surface area contributed by atoms with Crippen molar-refractivity contribution in [2.45, 2.75) is 52.5 Å². The summed E-state index contributed by atoms with van der Waals surface area (Å²) in [4.78, 5) is 2.36. The third-order valence-electron chi connectivity index (χ3n) is 5.09. The van der Waals surface area contributed by atoms with E-state index in [2.05, 4.69) is 51.7 Å². The van der Waals surface area contributed by atoms with Crippen LogP contribution in [0.3, 0.4) is 0 Å². The lowest BCUT2D eigenvalue weighted by Gasteiger charge is -2.25. The number of phenolic OH excluding ortho intramolecular Hbond substituents is 1. The van der Waals surface area contributed by atoms with Crippen LogP contribution in [0, 0.1) is 6.92 Å². The van der Waals surface area contributed by atoms with Gasteiger partial charge in [0.05, 0.1) is 0 Å². The molecule has 0 bridgehead atoms. The molecule has 0 saturated heterocycles. The molecule has 3 rings (SSSR count). The Morgan fingerprint density at radius 1 is 1.22 bits per heavy atom. The van der Waals surface area contributed by atoms with Crippen molar-refractivity contribution in [2.75, 3.05) is 17.3 Å². The molecule has 0 fully saturated rings. The zero-order valence-corrected chi connectivity index (χ0v) is 15.4. The first-order chi connectivity index (χ1) is 10.9. The Hall–Kier alpha value is -1.41. The molecule has 2 nitrogen and oxygen atoms in total.